The van der Waals surface area contributed by atoms with Crippen molar-refractivity contribution in [1.82, 2.24) is 24.2 Å². The number of nitriles is 2. The molecule has 0 atom stereocenters. The van der Waals surface area contributed by atoms with Crippen LogP contribution in [0.15, 0.2) is 30.9 Å². The summed E-state index contributed by atoms with van der Waals surface area (Å²) in [6.45, 7) is 9.92. The van der Waals surface area contributed by atoms with Crippen molar-refractivity contribution in [3.8, 4) is 23.3 Å². The molecule has 0 N–H and O–H groups in total. The molecular formula is C28H37N7OSi. The summed E-state index contributed by atoms with van der Waals surface area (Å²) in [6.07, 6.45) is 14.4. The number of rotatable bonds is 9. The molecule has 0 bridgehead atoms. The summed E-state index contributed by atoms with van der Waals surface area (Å²) in [5.74, 6) is 0. The van der Waals surface area contributed by atoms with Crippen molar-refractivity contribution in [3.05, 3.63) is 36.4 Å². The lowest BCUT2D eigenvalue weighted by atomic mass is 9.82. The van der Waals surface area contributed by atoms with Gasteiger partial charge in [0.25, 0.3) is 0 Å². The Morgan fingerprint density at radius 3 is 2.62 bits per heavy atom. The first-order valence-electron chi connectivity index (χ1n) is 13.5. The van der Waals surface area contributed by atoms with Gasteiger partial charge in [0.2, 0.25) is 0 Å². The molecule has 0 spiro atoms. The molecular weight excluding hydrogens is 478 g/mol. The van der Waals surface area contributed by atoms with E-state index in [0.717, 1.165) is 47.9 Å². The topological polar surface area (TPSA) is 95.7 Å². The van der Waals surface area contributed by atoms with Crippen molar-refractivity contribution in [2.45, 2.75) is 82.5 Å². The Kier molecular flexibility index (Phi) is 7.22. The summed E-state index contributed by atoms with van der Waals surface area (Å²) in [5.41, 5.74) is 2.74. The quantitative estimate of drug-likeness (QED) is 0.282. The number of fused-ring (bicyclic) bond motifs is 1. The lowest BCUT2D eigenvalue weighted by molar-refractivity contribution is -0.0358. The molecule has 8 nitrogen and oxygen atoms in total. The third-order valence-electron chi connectivity index (χ3n) is 7.99. The van der Waals surface area contributed by atoms with Crippen LogP contribution in [-0.4, -0.2) is 58.0 Å². The Morgan fingerprint density at radius 1 is 1.14 bits per heavy atom. The summed E-state index contributed by atoms with van der Waals surface area (Å²) >= 11 is 0. The van der Waals surface area contributed by atoms with E-state index in [-0.39, 0.29) is 5.54 Å². The van der Waals surface area contributed by atoms with E-state index in [1.165, 1.54) is 32.1 Å². The van der Waals surface area contributed by atoms with Gasteiger partial charge in [-0.2, -0.15) is 15.6 Å². The van der Waals surface area contributed by atoms with Gasteiger partial charge in [0.1, 0.15) is 24.0 Å². The molecule has 4 heterocycles. The standard InChI is InChI=1S/C28H37N7OSi/c1-37(2,3)14-13-36-21-33-12-9-25-26(22(15-30)16-31-27(25)33)23-17-32-35(18-23)28(10-11-29)19-34(20-28)24-7-5-4-6-8-24/h9,12,16-18,24H,4-8,10,13-14,19-21H2,1-3H3. The number of nitrogens with zero attached hydrogens (tertiary/aromatic N) is 7. The van der Waals surface area contributed by atoms with Crippen LogP contribution in [0.3, 0.4) is 0 Å². The van der Waals surface area contributed by atoms with Gasteiger partial charge >= 0.3 is 0 Å². The van der Waals surface area contributed by atoms with Gasteiger partial charge in [-0.05, 0) is 25.0 Å². The lowest BCUT2D eigenvalue weighted by Gasteiger charge is -2.53. The maximum Gasteiger partial charge on any atom is 0.142 e. The van der Waals surface area contributed by atoms with E-state index in [4.69, 9.17) is 9.84 Å². The first kappa shape index (κ1) is 25.7. The average Bonchev–Trinajstić information content (AvgIpc) is 3.51. The summed E-state index contributed by atoms with van der Waals surface area (Å²) in [4.78, 5) is 7.13. The fourth-order valence-electron chi connectivity index (χ4n) is 5.79. The highest BCUT2D eigenvalue weighted by molar-refractivity contribution is 6.76. The van der Waals surface area contributed by atoms with E-state index in [9.17, 15) is 10.5 Å². The van der Waals surface area contributed by atoms with E-state index in [1.54, 1.807) is 6.20 Å². The molecule has 194 valence electrons. The summed E-state index contributed by atoms with van der Waals surface area (Å²) in [7, 11) is -1.15. The van der Waals surface area contributed by atoms with Gasteiger partial charge in [-0.1, -0.05) is 38.9 Å². The highest BCUT2D eigenvalue weighted by Gasteiger charge is 2.47. The molecule has 0 unspecified atom stereocenters. The van der Waals surface area contributed by atoms with Crippen molar-refractivity contribution in [1.29, 1.82) is 10.5 Å². The molecule has 1 saturated carbocycles. The Bertz CT molecular complexity index is 1330. The van der Waals surface area contributed by atoms with Crippen LogP contribution < -0.4 is 0 Å². The van der Waals surface area contributed by atoms with Crippen molar-refractivity contribution >= 4 is 19.1 Å². The largest absolute Gasteiger partial charge is 0.361 e. The SMILES string of the molecule is C[Si](C)(C)CCOCn1ccc2c(-c3cnn(C4(CC#N)CN(C5CCCCC5)C4)c3)c(C#N)cnc21. The van der Waals surface area contributed by atoms with Crippen LogP contribution in [0.2, 0.25) is 25.7 Å². The van der Waals surface area contributed by atoms with Crippen LogP contribution in [0.25, 0.3) is 22.2 Å². The van der Waals surface area contributed by atoms with E-state index >= 15 is 0 Å². The van der Waals surface area contributed by atoms with Gasteiger partial charge in [0.05, 0.1) is 24.3 Å². The Hall–Kier alpha value is -2.98. The van der Waals surface area contributed by atoms with Crippen LogP contribution in [0.1, 0.15) is 44.1 Å². The number of aromatic nitrogens is 4. The normalized spacial score (nSPS) is 18.4. The molecule has 9 heteroatoms. The lowest BCUT2D eigenvalue weighted by Crippen LogP contribution is -2.65. The maximum atomic E-state index is 9.89. The molecule has 0 amide bonds. The molecule has 3 aromatic heterocycles. The van der Waals surface area contributed by atoms with Crippen molar-refractivity contribution in [2.75, 3.05) is 19.7 Å². The van der Waals surface area contributed by atoms with Gasteiger partial charge in [0, 0.05) is 68.9 Å². The van der Waals surface area contributed by atoms with E-state index in [0.29, 0.717) is 24.8 Å². The fourth-order valence-corrected chi connectivity index (χ4v) is 6.55. The zero-order chi connectivity index (χ0) is 26.0. The maximum absolute atomic E-state index is 9.89. The van der Waals surface area contributed by atoms with Crippen LogP contribution in [0, 0.1) is 22.7 Å². The number of ether oxygens (including phenoxy) is 1. The molecule has 1 saturated heterocycles. The number of pyridine rings is 1. The molecule has 1 aliphatic heterocycles. The van der Waals surface area contributed by atoms with E-state index < -0.39 is 8.07 Å². The average molecular weight is 516 g/mol. The highest BCUT2D eigenvalue weighted by atomic mass is 28.3. The Labute approximate surface area is 220 Å². The van der Waals surface area contributed by atoms with Crippen molar-refractivity contribution in [2.24, 2.45) is 0 Å². The minimum atomic E-state index is -1.15. The first-order valence-corrected chi connectivity index (χ1v) is 17.2. The smallest absolute Gasteiger partial charge is 0.142 e. The van der Waals surface area contributed by atoms with Gasteiger partial charge in [-0.15, -0.1) is 0 Å². The number of hydrogen-bond donors (Lipinski definition) is 0. The van der Waals surface area contributed by atoms with Gasteiger partial charge in [-0.3, -0.25) is 9.58 Å². The number of hydrogen-bond acceptors (Lipinski definition) is 6. The summed E-state index contributed by atoms with van der Waals surface area (Å²) < 4.78 is 9.94. The van der Waals surface area contributed by atoms with Gasteiger partial charge < -0.3 is 9.30 Å². The summed E-state index contributed by atoms with van der Waals surface area (Å²) in [5, 5.41) is 25.2. The Morgan fingerprint density at radius 2 is 1.92 bits per heavy atom. The van der Waals surface area contributed by atoms with E-state index in [2.05, 4.69) is 41.7 Å². The molecule has 1 aliphatic carbocycles. The van der Waals surface area contributed by atoms with Gasteiger partial charge in [-0.25, -0.2) is 4.98 Å². The van der Waals surface area contributed by atoms with Crippen LogP contribution >= 0.6 is 0 Å². The zero-order valence-electron chi connectivity index (χ0n) is 22.3. The molecule has 2 fully saturated rings. The second kappa shape index (κ2) is 10.4. The zero-order valence-corrected chi connectivity index (χ0v) is 23.3. The monoisotopic (exact) mass is 515 g/mol. The second-order valence-corrected chi connectivity index (χ2v) is 17.6. The molecule has 5 rings (SSSR count). The predicted molar refractivity (Wildman–Crippen MR) is 146 cm³/mol. The minimum absolute atomic E-state index is 0.306. The predicted octanol–water partition coefficient (Wildman–Crippen LogP) is 5.34. The fraction of sp³-hybridized carbons (Fsp3) is 0.571. The first-order chi connectivity index (χ1) is 17.8. The number of likely N-dealkylation sites (tertiary alicyclic amines) is 1. The van der Waals surface area contributed by atoms with Crippen LogP contribution in [0.4, 0.5) is 0 Å². The Balaban J connectivity index is 1.39. The van der Waals surface area contributed by atoms with Gasteiger partial charge in [0.15, 0.2) is 0 Å². The molecule has 3 aromatic rings. The minimum Gasteiger partial charge on any atom is -0.361 e. The van der Waals surface area contributed by atoms with Crippen molar-refractivity contribution < 1.29 is 4.74 Å². The molecule has 0 radical (unpaired) electrons. The third-order valence-corrected chi connectivity index (χ3v) is 9.69. The highest BCUT2D eigenvalue weighted by Crippen LogP contribution is 2.39. The molecule has 0 aromatic carbocycles. The van der Waals surface area contributed by atoms with Crippen LogP contribution in [0.5, 0.6) is 0 Å². The van der Waals surface area contributed by atoms with Crippen molar-refractivity contribution in [3.63, 3.8) is 0 Å². The molecule has 37 heavy (non-hydrogen) atoms. The summed E-state index contributed by atoms with van der Waals surface area (Å²) in [6, 6.07) is 8.49. The molecule has 2 aliphatic rings. The van der Waals surface area contributed by atoms with E-state index in [1.807, 2.05) is 33.9 Å². The third kappa shape index (κ3) is 5.22. The van der Waals surface area contributed by atoms with Crippen LogP contribution in [-0.2, 0) is 17.0 Å². The second-order valence-electron chi connectivity index (χ2n) is 12.0.